The lowest BCUT2D eigenvalue weighted by Crippen LogP contribution is -2.25. The van der Waals surface area contributed by atoms with E-state index in [9.17, 15) is 9.59 Å². The summed E-state index contributed by atoms with van der Waals surface area (Å²) >= 11 is 0. The van der Waals surface area contributed by atoms with Gasteiger partial charge in [0.25, 0.3) is 5.91 Å². The van der Waals surface area contributed by atoms with Crippen molar-refractivity contribution in [2.45, 2.75) is 20.3 Å². The zero-order valence-electron chi connectivity index (χ0n) is 6.18. The Bertz CT molecular complexity index is 196. The van der Waals surface area contributed by atoms with Gasteiger partial charge in [0.1, 0.15) is 0 Å². The summed E-state index contributed by atoms with van der Waals surface area (Å²) in [7, 11) is 0. The van der Waals surface area contributed by atoms with E-state index in [1.54, 1.807) is 0 Å². The summed E-state index contributed by atoms with van der Waals surface area (Å²) in [4.78, 5) is 21.2. The summed E-state index contributed by atoms with van der Waals surface area (Å²) in [5.74, 6) is -1.31. The smallest absolute Gasteiger partial charge is 0.285 e. The molecule has 1 saturated carbocycles. The van der Waals surface area contributed by atoms with E-state index in [2.05, 4.69) is 0 Å². The Balaban J connectivity index is 2.56. The van der Waals surface area contributed by atoms with Gasteiger partial charge in [-0.25, -0.2) is 0 Å². The van der Waals surface area contributed by atoms with Gasteiger partial charge in [-0.05, 0) is 11.8 Å². The first-order valence-electron chi connectivity index (χ1n) is 3.29. The van der Waals surface area contributed by atoms with Crippen molar-refractivity contribution in [1.82, 2.24) is 0 Å². The van der Waals surface area contributed by atoms with Crippen LogP contribution in [0.4, 0.5) is 0 Å². The SMILES string of the molecule is CC1(C)CC1C(=O)C(N)=O. The quantitative estimate of drug-likeness (QED) is 0.554. The van der Waals surface area contributed by atoms with Crippen LogP contribution in [0, 0.1) is 11.3 Å². The lowest BCUT2D eigenvalue weighted by molar-refractivity contribution is -0.137. The summed E-state index contributed by atoms with van der Waals surface area (Å²) in [6.45, 7) is 3.91. The van der Waals surface area contributed by atoms with Crippen LogP contribution in [0.5, 0.6) is 0 Å². The second kappa shape index (κ2) is 1.81. The third-order valence-corrected chi connectivity index (χ3v) is 2.07. The highest BCUT2D eigenvalue weighted by atomic mass is 16.2. The van der Waals surface area contributed by atoms with Gasteiger partial charge in [-0.1, -0.05) is 13.8 Å². The molecule has 10 heavy (non-hydrogen) atoms. The summed E-state index contributed by atoms with van der Waals surface area (Å²) < 4.78 is 0. The minimum absolute atomic E-state index is 0.0200. The van der Waals surface area contributed by atoms with E-state index in [4.69, 9.17) is 5.73 Å². The van der Waals surface area contributed by atoms with Crippen LogP contribution in [0.2, 0.25) is 0 Å². The maximum absolute atomic E-state index is 10.8. The Morgan fingerprint density at radius 2 is 1.90 bits per heavy atom. The van der Waals surface area contributed by atoms with Gasteiger partial charge in [0.2, 0.25) is 5.78 Å². The van der Waals surface area contributed by atoms with Crippen LogP contribution < -0.4 is 5.73 Å². The normalized spacial score (nSPS) is 27.6. The van der Waals surface area contributed by atoms with Gasteiger partial charge in [-0.15, -0.1) is 0 Å². The van der Waals surface area contributed by atoms with Crippen LogP contribution in [-0.4, -0.2) is 11.7 Å². The van der Waals surface area contributed by atoms with E-state index in [1.165, 1.54) is 0 Å². The van der Waals surface area contributed by atoms with Crippen molar-refractivity contribution in [3.63, 3.8) is 0 Å². The highest BCUT2D eigenvalue weighted by molar-refractivity contribution is 6.37. The fourth-order valence-corrected chi connectivity index (χ4v) is 1.09. The highest BCUT2D eigenvalue weighted by Crippen LogP contribution is 2.51. The lowest BCUT2D eigenvalue weighted by atomic mass is 10.1. The molecule has 0 radical (unpaired) electrons. The maximum atomic E-state index is 10.8. The lowest BCUT2D eigenvalue weighted by Gasteiger charge is -1.97. The van der Waals surface area contributed by atoms with Crippen LogP contribution in [0.3, 0.4) is 0 Å². The molecule has 0 aromatic carbocycles. The molecule has 0 aromatic rings. The molecule has 0 aromatic heterocycles. The number of Topliss-reactive ketones (excluding diaryl/α,β-unsaturated/α-hetero) is 1. The van der Waals surface area contributed by atoms with Crippen molar-refractivity contribution in [2.24, 2.45) is 17.1 Å². The molecule has 56 valence electrons. The monoisotopic (exact) mass is 141 g/mol. The number of nitrogens with two attached hydrogens (primary N) is 1. The highest BCUT2D eigenvalue weighted by Gasteiger charge is 2.51. The summed E-state index contributed by atoms with van der Waals surface area (Å²) in [5.41, 5.74) is 4.83. The largest absolute Gasteiger partial charge is 0.363 e. The molecule has 1 aliphatic rings. The zero-order valence-corrected chi connectivity index (χ0v) is 6.18. The van der Waals surface area contributed by atoms with Gasteiger partial charge in [-0.2, -0.15) is 0 Å². The number of carbonyl (C=O) groups is 2. The summed E-state index contributed by atoms with van der Waals surface area (Å²) in [6.07, 6.45) is 0.800. The van der Waals surface area contributed by atoms with Crippen molar-refractivity contribution >= 4 is 11.7 Å². The van der Waals surface area contributed by atoms with E-state index >= 15 is 0 Å². The number of ketones is 1. The Labute approximate surface area is 59.6 Å². The number of hydrogen-bond acceptors (Lipinski definition) is 2. The summed E-state index contributed by atoms with van der Waals surface area (Å²) in [5, 5.41) is 0. The molecule has 0 heterocycles. The molecular weight excluding hydrogens is 130 g/mol. The van der Waals surface area contributed by atoms with E-state index in [-0.39, 0.29) is 11.3 Å². The molecule has 1 fully saturated rings. The van der Waals surface area contributed by atoms with Gasteiger partial charge in [0.15, 0.2) is 0 Å². The van der Waals surface area contributed by atoms with Crippen molar-refractivity contribution < 1.29 is 9.59 Å². The average molecular weight is 141 g/mol. The number of amides is 1. The van der Waals surface area contributed by atoms with Crippen LogP contribution >= 0.6 is 0 Å². The van der Waals surface area contributed by atoms with E-state index in [0.717, 1.165) is 6.42 Å². The molecule has 1 rings (SSSR count). The second-order valence-corrected chi connectivity index (χ2v) is 3.47. The topological polar surface area (TPSA) is 60.2 Å². The molecule has 1 aliphatic carbocycles. The van der Waals surface area contributed by atoms with E-state index in [1.807, 2.05) is 13.8 Å². The molecule has 3 nitrogen and oxygen atoms in total. The van der Waals surface area contributed by atoms with Crippen LogP contribution in [0.25, 0.3) is 0 Å². The molecule has 0 aliphatic heterocycles. The van der Waals surface area contributed by atoms with Crippen molar-refractivity contribution in [3.8, 4) is 0 Å². The third-order valence-electron chi connectivity index (χ3n) is 2.07. The van der Waals surface area contributed by atoms with Gasteiger partial charge >= 0.3 is 0 Å². The second-order valence-electron chi connectivity index (χ2n) is 3.47. The fourth-order valence-electron chi connectivity index (χ4n) is 1.09. The van der Waals surface area contributed by atoms with Crippen LogP contribution in [0.1, 0.15) is 20.3 Å². The minimum atomic E-state index is -0.796. The van der Waals surface area contributed by atoms with Crippen LogP contribution in [-0.2, 0) is 9.59 Å². The zero-order chi connectivity index (χ0) is 7.94. The first kappa shape index (κ1) is 7.25. The summed E-state index contributed by atoms with van der Waals surface area (Å²) in [6, 6.07) is 0. The Kier molecular flexibility index (Phi) is 1.31. The van der Waals surface area contributed by atoms with Gasteiger partial charge in [0, 0.05) is 5.92 Å². The van der Waals surface area contributed by atoms with E-state index < -0.39 is 11.7 Å². The molecule has 0 spiro atoms. The fraction of sp³-hybridized carbons (Fsp3) is 0.714. The molecule has 1 atom stereocenters. The predicted molar refractivity (Wildman–Crippen MR) is 36.1 cm³/mol. The van der Waals surface area contributed by atoms with E-state index in [0.29, 0.717) is 0 Å². The van der Waals surface area contributed by atoms with Crippen LogP contribution in [0.15, 0.2) is 0 Å². The Morgan fingerprint density at radius 1 is 1.50 bits per heavy atom. The number of rotatable bonds is 2. The molecule has 1 amide bonds. The number of primary amides is 1. The van der Waals surface area contributed by atoms with Gasteiger partial charge in [-0.3, -0.25) is 9.59 Å². The van der Waals surface area contributed by atoms with Crippen molar-refractivity contribution in [2.75, 3.05) is 0 Å². The van der Waals surface area contributed by atoms with Crippen molar-refractivity contribution in [3.05, 3.63) is 0 Å². The first-order valence-corrected chi connectivity index (χ1v) is 3.29. The predicted octanol–water partition coefficient (Wildman–Crippen LogP) is 0.0869. The maximum Gasteiger partial charge on any atom is 0.285 e. The molecule has 0 bridgehead atoms. The molecular formula is C7H11NO2. The Morgan fingerprint density at radius 3 is 2.00 bits per heavy atom. The van der Waals surface area contributed by atoms with Gasteiger partial charge < -0.3 is 5.73 Å². The average Bonchev–Trinajstić information content (AvgIpc) is 2.38. The minimum Gasteiger partial charge on any atom is -0.363 e. The third kappa shape index (κ3) is 1.03. The van der Waals surface area contributed by atoms with Crippen molar-refractivity contribution in [1.29, 1.82) is 0 Å². The molecule has 1 unspecified atom stereocenters. The van der Waals surface area contributed by atoms with Gasteiger partial charge in [0.05, 0.1) is 0 Å². The molecule has 3 heteroatoms. The number of hydrogen-bond donors (Lipinski definition) is 1. The Hall–Kier alpha value is -0.860. The first-order chi connectivity index (χ1) is 4.45. The molecule has 2 N–H and O–H groups in total. The molecule has 0 saturated heterocycles. The standard InChI is InChI=1S/C7H11NO2/c1-7(2)3-4(7)5(9)6(8)10/h4H,3H2,1-2H3,(H2,8,10). The number of carbonyl (C=O) groups excluding carboxylic acids is 2.